The number of hydrogen-bond acceptors (Lipinski definition) is 0. The predicted molar refractivity (Wildman–Crippen MR) is 79.8 cm³/mol. The second kappa shape index (κ2) is 7.74. The van der Waals surface area contributed by atoms with Crippen LogP contribution >= 0.6 is 0 Å². The Labute approximate surface area is 132 Å². The third-order valence-corrected chi connectivity index (χ3v) is 3.00. The molecule has 0 aliphatic carbocycles. The second-order valence-electron chi connectivity index (χ2n) is 4.19. The van der Waals surface area contributed by atoms with Gasteiger partial charge in [0, 0.05) is 19.5 Å². The summed E-state index contributed by atoms with van der Waals surface area (Å²) in [6, 6.07) is 30.3. The average Bonchev–Trinajstić information content (AvgIpc) is 2.49. The van der Waals surface area contributed by atoms with Gasteiger partial charge in [-0.05, 0) is 0 Å². The topological polar surface area (TPSA) is 31.5 Å². The summed E-state index contributed by atoms with van der Waals surface area (Å²) in [6.45, 7) is 0. The standard InChI is InChI=1S/C18H13.H2O.Zn/c1-3-9-15(10-4-1)17-13-7-8-14-18(17)16-11-5-2-6-12-16;;/h1-13H;1H2;/q-1;;. The minimum absolute atomic E-state index is 0. The van der Waals surface area contributed by atoms with Crippen molar-refractivity contribution in [2.75, 3.05) is 0 Å². The molecule has 20 heavy (non-hydrogen) atoms. The molecule has 3 aromatic carbocycles. The Balaban J connectivity index is 0.000001000. The van der Waals surface area contributed by atoms with E-state index in [1.54, 1.807) is 0 Å². The summed E-state index contributed by atoms with van der Waals surface area (Å²) in [6.07, 6.45) is 0. The van der Waals surface area contributed by atoms with Gasteiger partial charge in [-0.25, -0.2) is 0 Å². The molecular formula is C18H15OZn-. The van der Waals surface area contributed by atoms with Gasteiger partial charge in [0.15, 0.2) is 0 Å². The van der Waals surface area contributed by atoms with Gasteiger partial charge in [-0.2, -0.15) is 0 Å². The Bertz CT molecular complexity index is 577. The molecule has 0 aromatic heterocycles. The van der Waals surface area contributed by atoms with Crippen LogP contribution < -0.4 is 0 Å². The SMILES string of the molecule is O.[Zn].[c-]1cccc(-c2ccccc2)c1-c1ccccc1. The van der Waals surface area contributed by atoms with E-state index < -0.39 is 0 Å². The number of hydrogen-bond donors (Lipinski definition) is 0. The van der Waals surface area contributed by atoms with Crippen LogP contribution in [0.15, 0.2) is 78.9 Å². The molecule has 0 bridgehead atoms. The van der Waals surface area contributed by atoms with E-state index in [-0.39, 0.29) is 25.0 Å². The first-order chi connectivity index (χ1) is 8.95. The Morgan fingerprint density at radius 3 is 1.75 bits per heavy atom. The molecule has 2 heteroatoms. The van der Waals surface area contributed by atoms with Gasteiger partial charge in [0.2, 0.25) is 0 Å². The van der Waals surface area contributed by atoms with Crippen molar-refractivity contribution in [1.29, 1.82) is 0 Å². The maximum absolute atomic E-state index is 3.35. The van der Waals surface area contributed by atoms with Gasteiger partial charge in [-0.3, -0.25) is 0 Å². The summed E-state index contributed by atoms with van der Waals surface area (Å²) >= 11 is 0. The average molecular weight is 313 g/mol. The number of benzene rings is 3. The molecule has 96 valence electrons. The van der Waals surface area contributed by atoms with Crippen molar-refractivity contribution in [2.24, 2.45) is 0 Å². The molecule has 3 rings (SSSR count). The summed E-state index contributed by atoms with van der Waals surface area (Å²) in [5, 5.41) is 0. The largest absolute Gasteiger partial charge is 0.412 e. The first kappa shape index (κ1) is 16.3. The fourth-order valence-corrected chi connectivity index (χ4v) is 2.14. The van der Waals surface area contributed by atoms with E-state index in [0.29, 0.717) is 0 Å². The van der Waals surface area contributed by atoms with Crippen LogP contribution in [-0.2, 0) is 19.5 Å². The van der Waals surface area contributed by atoms with Crippen LogP contribution in [0.25, 0.3) is 22.3 Å². The maximum Gasteiger partial charge on any atom is 0 e. The third-order valence-electron chi connectivity index (χ3n) is 3.00. The van der Waals surface area contributed by atoms with Gasteiger partial charge >= 0.3 is 0 Å². The summed E-state index contributed by atoms with van der Waals surface area (Å²) in [4.78, 5) is 0. The molecule has 2 N–H and O–H groups in total. The van der Waals surface area contributed by atoms with Crippen molar-refractivity contribution in [3.8, 4) is 22.3 Å². The van der Waals surface area contributed by atoms with Gasteiger partial charge in [0.25, 0.3) is 0 Å². The molecule has 0 spiro atoms. The summed E-state index contributed by atoms with van der Waals surface area (Å²) in [7, 11) is 0. The van der Waals surface area contributed by atoms with Gasteiger partial charge < -0.3 is 5.48 Å². The molecule has 0 amide bonds. The molecule has 0 atom stereocenters. The maximum atomic E-state index is 3.35. The molecule has 1 nitrogen and oxygen atoms in total. The minimum Gasteiger partial charge on any atom is -0.412 e. The second-order valence-corrected chi connectivity index (χ2v) is 4.19. The fraction of sp³-hybridized carbons (Fsp3) is 0. The smallest absolute Gasteiger partial charge is 0 e. The monoisotopic (exact) mass is 311 g/mol. The van der Waals surface area contributed by atoms with Crippen LogP contribution in [0, 0.1) is 6.07 Å². The molecule has 0 saturated heterocycles. The van der Waals surface area contributed by atoms with Crippen LogP contribution in [-0.4, -0.2) is 5.48 Å². The van der Waals surface area contributed by atoms with Gasteiger partial charge in [-0.1, -0.05) is 71.8 Å². The van der Waals surface area contributed by atoms with Crippen LogP contribution in [0.4, 0.5) is 0 Å². The van der Waals surface area contributed by atoms with Crippen LogP contribution in [0.5, 0.6) is 0 Å². The third kappa shape index (κ3) is 3.42. The van der Waals surface area contributed by atoms with E-state index in [0.717, 1.165) is 5.56 Å². The molecular weight excluding hydrogens is 298 g/mol. The van der Waals surface area contributed by atoms with E-state index in [1.807, 2.05) is 24.3 Å². The van der Waals surface area contributed by atoms with Crippen LogP contribution in [0.1, 0.15) is 0 Å². The molecule has 0 unspecified atom stereocenters. The van der Waals surface area contributed by atoms with Crippen LogP contribution in [0.2, 0.25) is 0 Å². The molecule has 0 aliphatic heterocycles. The van der Waals surface area contributed by atoms with Crippen molar-refractivity contribution < 1.29 is 25.0 Å². The molecule has 3 aromatic rings. The normalized spacial score (nSPS) is 9.20. The zero-order chi connectivity index (χ0) is 12.2. The fourth-order valence-electron chi connectivity index (χ4n) is 2.14. The molecule has 0 aliphatic rings. The van der Waals surface area contributed by atoms with E-state index in [9.17, 15) is 0 Å². The quantitative estimate of drug-likeness (QED) is 0.506. The van der Waals surface area contributed by atoms with Crippen LogP contribution in [0.3, 0.4) is 0 Å². The van der Waals surface area contributed by atoms with Crippen molar-refractivity contribution in [2.45, 2.75) is 0 Å². The number of rotatable bonds is 2. The molecule has 0 saturated carbocycles. The first-order valence-electron chi connectivity index (χ1n) is 6.07. The Hall–Kier alpha value is -1.76. The zero-order valence-electron chi connectivity index (χ0n) is 11.2. The minimum atomic E-state index is 0. The molecule has 0 fully saturated rings. The van der Waals surface area contributed by atoms with E-state index in [1.165, 1.54) is 16.7 Å². The van der Waals surface area contributed by atoms with E-state index in [2.05, 4.69) is 60.7 Å². The summed E-state index contributed by atoms with van der Waals surface area (Å²) in [5.74, 6) is 0. The van der Waals surface area contributed by atoms with E-state index >= 15 is 0 Å². The Morgan fingerprint density at radius 1 is 0.600 bits per heavy atom. The van der Waals surface area contributed by atoms with Gasteiger partial charge in [0.05, 0.1) is 0 Å². The predicted octanol–water partition coefficient (Wildman–Crippen LogP) is 3.99. The van der Waals surface area contributed by atoms with Crippen molar-refractivity contribution in [1.82, 2.24) is 0 Å². The zero-order valence-corrected chi connectivity index (χ0v) is 14.2. The molecule has 0 heterocycles. The van der Waals surface area contributed by atoms with Crippen molar-refractivity contribution in [3.63, 3.8) is 0 Å². The summed E-state index contributed by atoms with van der Waals surface area (Å²) in [5.41, 5.74) is 4.82. The summed E-state index contributed by atoms with van der Waals surface area (Å²) < 4.78 is 0. The first-order valence-corrected chi connectivity index (χ1v) is 6.07. The Morgan fingerprint density at radius 2 is 1.15 bits per heavy atom. The molecule has 0 radical (unpaired) electrons. The van der Waals surface area contributed by atoms with Gasteiger partial charge in [-0.15, -0.1) is 35.4 Å². The Kier molecular flexibility index (Phi) is 6.31. The van der Waals surface area contributed by atoms with Gasteiger partial charge in [0.1, 0.15) is 0 Å². The van der Waals surface area contributed by atoms with Crippen molar-refractivity contribution >= 4 is 0 Å². The van der Waals surface area contributed by atoms with E-state index in [4.69, 9.17) is 0 Å². The van der Waals surface area contributed by atoms with Crippen molar-refractivity contribution in [3.05, 3.63) is 84.9 Å².